The van der Waals surface area contributed by atoms with Gasteiger partial charge in [0.15, 0.2) is 0 Å². The van der Waals surface area contributed by atoms with Crippen LogP contribution >= 0.6 is 7.82 Å². The van der Waals surface area contributed by atoms with Crippen molar-refractivity contribution in [1.29, 1.82) is 0 Å². The van der Waals surface area contributed by atoms with E-state index in [1.807, 2.05) is 27.2 Å². The van der Waals surface area contributed by atoms with Crippen molar-refractivity contribution in [2.45, 2.75) is 251 Å². The van der Waals surface area contributed by atoms with Gasteiger partial charge in [-0.25, -0.2) is 0 Å². The van der Waals surface area contributed by atoms with Crippen molar-refractivity contribution >= 4 is 13.7 Å². The lowest BCUT2D eigenvalue weighted by atomic mass is 10.0. The summed E-state index contributed by atoms with van der Waals surface area (Å²) in [5.74, 6) is -0.242. The van der Waals surface area contributed by atoms with Crippen LogP contribution in [-0.2, 0) is 18.4 Å². The van der Waals surface area contributed by atoms with Gasteiger partial charge in [0.1, 0.15) is 13.2 Å². The first-order chi connectivity index (χ1) is 39.5. The SMILES string of the molecule is CC/C=C\C/C=C\C/C=C\C/C=C\C/C=C\C/C=C\C/C=C\C/C=C\C/C=C\C/C=C\CCCCCCC(=O)NC(COP(=O)([O-])OCC[N+](C)(C)C)C(O)/C=C/CC/C=C/CC/C=C/CCCCCCCCCCCCCCCC. The van der Waals surface area contributed by atoms with Gasteiger partial charge in [-0.3, -0.25) is 9.36 Å². The smallest absolute Gasteiger partial charge is 0.268 e. The number of rotatable bonds is 57. The molecule has 0 rings (SSSR count). The normalized spacial score (nSPS) is 14.8. The quantitative estimate of drug-likeness (QED) is 0.0272. The first-order valence-electron chi connectivity index (χ1n) is 32.3. The first kappa shape index (κ1) is 77.1. The molecular formula is C72H121N2O6P. The molecule has 2 N–H and O–H groups in total. The summed E-state index contributed by atoms with van der Waals surface area (Å²) in [5, 5.41) is 13.9. The molecule has 0 spiro atoms. The second-order valence-electron chi connectivity index (χ2n) is 22.4. The Kier molecular flexibility index (Phi) is 57.8. The van der Waals surface area contributed by atoms with Crippen molar-refractivity contribution < 1.29 is 32.9 Å². The molecule has 9 heteroatoms. The molecule has 3 atom stereocenters. The zero-order chi connectivity index (χ0) is 59.1. The fourth-order valence-corrected chi connectivity index (χ4v) is 9.17. The number of phosphoric acid groups is 1. The number of aliphatic hydroxyl groups is 1. The van der Waals surface area contributed by atoms with Gasteiger partial charge in [-0.2, -0.15) is 0 Å². The van der Waals surface area contributed by atoms with Crippen LogP contribution in [0, 0.1) is 0 Å². The van der Waals surface area contributed by atoms with Gasteiger partial charge in [0, 0.05) is 6.42 Å². The number of quaternary nitrogens is 1. The van der Waals surface area contributed by atoms with Crippen molar-refractivity contribution in [3.05, 3.63) is 158 Å². The minimum atomic E-state index is -4.63. The highest BCUT2D eigenvalue weighted by Crippen LogP contribution is 2.38. The number of nitrogens with zero attached hydrogens (tertiary/aromatic N) is 1. The molecule has 0 aromatic rings. The molecule has 460 valence electrons. The van der Waals surface area contributed by atoms with E-state index < -0.39 is 26.6 Å². The minimum Gasteiger partial charge on any atom is -0.756 e. The van der Waals surface area contributed by atoms with Gasteiger partial charge < -0.3 is 28.8 Å². The van der Waals surface area contributed by atoms with Crippen molar-refractivity contribution in [2.24, 2.45) is 0 Å². The largest absolute Gasteiger partial charge is 0.756 e. The molecule has 3 unspecified atom stereocenters. The van der Waals surface area contributed by atoms with Gasteiger partial charge in [-0.1, -0.05) is 268 Å². The van der Waals surface area contributed by atoms with E-state index in [4.69, 9.17) is 9.05 Å². The summed E-state index contributed by atoms with van der Waals surface area (Å²) in [6, 6.07) is -0.938. The summed E-state index contributed by atoms with van der Waals surface area (Å²) >= 11 is 0. The molecule has 1 amide bonds. The number of phosphoric ester groups is 1. The number of carbonyl (C=O) groups is 1. The standard InChI is InChI=1S/C72H121N2O6P/c1-6-8-10-12-14-16-18-20-22-24-26-28-30-32-33-34-35-36-37-38-39-40-41-42-44-46-48-50-52-54-56-58-60-62-64-66-72(76)73-70(69-80-81(77,78)79-68-67-74(3,4)5)71(75)65-63-61-59-57-55-53-51-49-47-45-43-31-29-27-25-23-21-19-17-15-13-11-9-7-2/h8,10,14,16,20,22,26,28,32-33,35-36,38-39,41-42,46-49,52,54-55,57,63,65,70-71,75H,6-7,9,11-13,15,17-19,21,23-25,27,29-31,34,37,40,43-45,50-51,53,56,58-62,64,66-69H2,1-5H3,(H-,73,76,77,78)/b10-8-,16-14-,22-20-,28-26-,33-32-,36-35-,39-38-,42-41-,48-46-,49-47+,54-52-,57-55+,65-63+. The van der Waals surface area contributed by atoms with Gasteiger partial charge in [-0.15, -0.1) is 0 Å². The summed E-state index contributed by atoms with van der Waals surface area (Å²) in [6.45, 7) is 4.48. The minimum absolute atomic E-state index is 0.0233. The van der Waals surface area contributed by atoms with E-state index in [1.54, 1.807) is 6.08 Å². The van der Waals surface area contributed by atoms with Crippen LogP contribution in [-0.4, -0.2) is 68.5 Å². The van der Waals surface area contributed by atoms with Crippen LogP contribution in [0.5, 0.6) is 0 Å². The molecule has 0 bridgehead atoms. The highest BCUT2D eigenvalue weighted by Gasteiger charge is 2.23. The van der Waals surface area contributed by atoms with Gasteiger partial charge >= 0.3 is 0 Å². The molecule has 0 heterocycles. The van der Waals surface area contributed by atoms with Crippen LogP contribution < -0.4 is 10.2 Å². The highest BCUT2D eigenvalue weighted by molar-refractivity contribution is 7.45. The van der Waals surface area contributed by atoms with Gasteiger partial charge in [-0.05, 0) is 122 Å². The number of unbranched alkanes of at least 4 members (excludes halogenated alkanes) is 20. The lowest BCUT2D eigenvalue weighted by Crippen LogP contribution is -2.45. The maximum atomic E-state index is 13.0. The first-order valence-corrected chi connectivity index (χ1v) is 33.8. The predicted molar refractivity (Wildman–Crippen MR) is 352 cm³/mol. The average molecular weight is 1140 g/mol. The predicted octanol–water partition coefficient (Wildman–Crippen LogP) is 20.0. The Bertz CT molecular complexity index is 1870. The monoisotopic (exact) mass is 1140 g/mol. The van der Waals surface area contributed by atoms with Gasteiger partial charge in [0.05, 0.1) is 39.9 Å². The van der Waals surface area contributed by atoms with Crippen LogP contribution in [0.1, 0.15) is 239 Å². The second-order valence-corrected chi connectivity index (χ2v) is 23.8. The Balaban J connectivity index is 4.33. The van der Waals surface area contributed by atoms with Crippen LogP contribution in [0.4, 0.5) is 0 Å². The van der Waals surface area contributed by atoms with Crippen LogP contribution in [0.15, 0.2) is 158 Å². The molecule has 0 fully saturated rings. The van der Waals surface area contributed by atoms with Gasteiger partial charge in [0.2, 0.25) is 5.91 Å². The Morgan fingerprint density at radius 1 is 0.444 bits per heavy atom. The van der Waals surface area contributed by atoms with Crippen LogP contribution in [0.2, 0.25) is 0 Å². The summed E-state index contributed by atoms with van der Waals surface area (Å²) in [5.41, 5.74) is 0. The van der Waals surface area contributed by atoms with Crippen molar-refractivity contribution in [3.8, 4) is 0 Å². The zero-order valence-electron chi connectivity index (χ0n) is 52.4. The molecule has 0 aromatic heterocycles. The van der Waals surface area contributed by atoms with E-state index in [0.717, 1.165) is 109 Å². The number of amides is 1. The average Bonchev–Trinajstić information content (AvgIpc) is 3.43. The number of carbonyl (C=O) groups excluding carboxylic acids is 1. The zero-order valence-corrected chi connectivity index (χ0v) is 53.3. The molecule has 0 saturated heterocycles. The maximum Gasteiger partial charge on any atom is 0.268 e. The Morgan fingerprint density at radius 2 is 0.765 bits per heavy atom. The lowest BCUT2D eigenvalue weighted by Gasteiger charge is -2.29. The Labute approximate surface area is 499 Å². The highest BCUT2D eigenvalue weighted by atomic mass is 31.2. The summed E-state index contributed by atoms with van der Waals surface area (Å²) < 4.78 is 23.4. The molecule has 0 aliphatic carbocycles. The summed E-state index contributed by atoms with van der Waals surface area (Å²) in [7, 11) is 1.19. The fraction of sp³-hybridized carbons (Fsp3) is 0.625. The number of hydrogen-bond acceptors (Lipinski definition) is 6. The lowest BCUT2D eigenvalue weighted by molar-refractivity contribution is -0.870. The molecule has 81 heavy (non-hydrogen) atoms. The van der Waals surface area contributed by atoms with E-state index in [2.05, 4.69) is 165 Å². The van der Waals surface area contributed by atoms with Crippen molar-refractivity contribution in [1.82, 2.24) is 5.32 Å². The molecule has 8 nitrogen and oxygen atoms in total. The van der Waals surface area contributed by atoms with Crippen LogP contribution in [0.25, 0.3) is 0 Å². The molecule has 0 aliphatic rings. The fourth-order valence-electron chi connectivity index (χ4n) is 8.45. The van der Waals surface area contributed by atoms with E-state index in [9.17, 15) is 19.4 Å². The second kappa shape index (κ2) is 60.7. The third kappa shape index (κ3) is 63.5. The van der Waals surface area contributed by atoms with E-state index in [0.29, 0.717) is 23.9 Å². The van der Waals surface area contributed by atoms with E-state index >= 15 is 0 Å². The van der Waals surface area contributed by atoms with Gasteiger partial charge in [0.25, 0.3) is 7.82 Å². The Morgan fingerprint density at radius 3 is 1.15 bits per heavy atom. The maximum absolute atomic E-state index is 13.0. The van der Waals surface area contributed by atoms with E-state index in [1.165, 1.54) is 96.3 Å². The topological polar surface area (TPSA) is 108 Å². The molecule has 0 radical (unpaired) electrons. The molecule has 0 aromatic carbocycles. The third-order valence-corrected chi connectivity index (χ3v) is 14.4. The van der Waals surface area contributed by atoms with E-state index in [-0.39, 0.29) is 18.9 Å². The number of allylic oxidation sites excluding steroid dienone is 25. The summed E-state index contributed by atoms with van der Waals surface area (Å²) in [6.07, 6.45) is 94.8. The molecular weight excluding hydrogens is 1020 g/mol. The number of aliphatic hydroxyl groups excluding tert-OH is 1. The summed E-state index contributed by atoms with van der Waals surface area (Å²) in [4.78, 5) is 25.6. The molecule has 0 aliphatic heterocycles. The molecule has 0 saturated carbocycles. The third-order valence-electron chi connectivity index (χ3n) is 13.4. The number of likely N-dealkylation sites (N-methyl/N-ethyl adjacent to an activating group) is 1. The number of nitrogens with one attached hydrogen (secondary N) is 1. The Hall–Kier alpha value is -3.88. The van der Waals surface area contributed by atoms with Crippen molar-refractivity contribution in [3.63, 3.8) is 0 Å². The number of hydrogen-bond donors (Lipinski definition) is 2. The van der Waals surface area contributed by atoms with Crippen LogP contribution in [0.3, 0.4) is 0 Å². The van der Waals surface area contributed by atoms with Crippen molar-refractivity contribution in [2.75, 3.05) is 40.9 Å².